The molecule has 2 aliphatic rings. The van der Waals surface area contributed by atoms with E-state index in [0.29, 0.717) is 60.2 Å². The van der Waals surface area contributed by atoms with E-state index in [9.17, 15) is 17.6 Å². The summed E-state index contributed by atoms with van der Waals surface area (Å²) in [5.41, 5.74) is 3.34. The summed E-state index contributed by atoms with van der Waals surface area (Å²) in [7, 11) is 2.15. The summed E-state index contributed by atoms with van der Waals surface area (Å²) in [4.78, 5) is 15.0. The molecule has 2 fully saturated rings. The van der Waals surface area contributed by atoms with Gasteiger partial charge in [0, 0.05) is 32.3 Å². The topological polar surface area (TPSA) is 88.2 Å². The third-order valence-electron chi connectivity index (χ3n) is 10.2. The fourth-order valence-electron chi connectivity index (χ4n) is 7.55. The molecule has 2 aromatic carbocycles. The van der Waals surface area contributed by atoms with Crippen molar-refractivity contribution in [3.05, 3.63) is 58.4 Å². The van der Waals surface area contributed by atoms with Gasteiger partial charge in [-0.05, 0) is 132 Å². The summed E-state index contributed by atoms with van der Waals surface area (Å²) in [6, 6.07) is 9.01. The molecule has 1 heterocycles. The molecule has 1 amide bonds. The average Bonchev–Trinajstić information content (AvgIpc) is 3.02. The molecule has 1 aliphatic heterocycles. The van der Waals surface area contributed by atoms with Crippen LogP contribution >= 0.6 is 0 Å². The Morgan fingerprint density at radius 3 is 2.30 bits per heavy atom. The average molecular weight is 660 g/mol. The van der Waals surface area contributed by atoms with Crippen molar-refractivity contribution in [2.75, 3.05) is 54.1 Å². The number of carbonyl (C=O) groups excluding carboxylic acids is 1. The number of methoxy groups -OCH3 is 1. The van der Waals surface area contributed by atoms with Gasteiger partial charge in [-0.1, -0.05) is 25.0 Å². The van der Waals surface area contributed by atoms with Crippen LogP contribution in [0.25, 0.3) is 0 Å². The van der Waals surface area contributed by atoms with E-state index in [0.717, 1.165) is 68.1 Å². The third-order valence-corrected chi connectivity index (χ3v) is 12.4. The number of nitrogens with one attached hydrogen (secondary N) is 1. The van der Waals surface area contributed by atoms with Crippen molar-refractivity contribution in [2.24, 2.45) is 17.8 Å². The fraction of sp³-hybridized carbons (Fsp3) is 0.639. The zero-order valence-corrected chi connectivity index (χ0v) is 29.4. The lowest BCUT2D eigenvalue weighted by atomic mass is 9.75. The zero-order valence-electron chi connectivity index (χ0n) is 28.6. The van der Waals surface area contributed by atoms with Crippen LogP contribution in [0.3, 0.4) is 0 Å². The number of nitrogens with zero attached hydrogens (tertiary/aromatic N) is 2. The molecule has 0 bridgehead atoms. The van der Waals surface area contributed by atoms with Crippen LogP contribution in [0.15, 0.2) is 35.2 Å². The molecule has 1 atom stereocenters. The van der Waals surface area contributed by atoms with Gasteiger partial charge in [-0.2, -0.15) is 4.31 Å². The smallest absolute Gasteiger partial charge is 0.245 e. The molecule has 1 N–H and O–H groups in total. The first-order valence-corrected chi connectivity index (χ1v) is 18.3. The van der Waals surface area contributed by atoms with Crippen LogP contribution in [0.4, 0.5) is 4.39 Å². The molecule has 10 heteroatoms. The number of hydrogen-bond donors (Lipinski definition) is 1. The first-order chi connectivity index (χ1) is 21.9. The van der Waals surface area contributed by atoms with Crippen LogP contribution in [0.5, 0.6) is 5.75 Å². The minimum atomic E-state index is -3.59. The quantitative estimate of drug-likeness (QED) is 0.244. The number of hydrogen-bond acceptors (Lipinski definition) is 6. The first-order valence-electron chi connectivity index (χ1n) is 16.8. The van der Waals surface area contributed by atoms with Crippen molar-refractivity contribution >= 4 is 15.9 Å². The molecule has 1 aliphatic carbocycles. The van der Waals surface area contributed by atoms with E-state index < -0.39 is 10.0 Å². The highest BCUT2D eigenvalue weighted by Crippen LogP contribution is 2.40. The van der Waals surface area contributed by atoms with Crippen molar-refractivity contribution in [1.82, 2.24) is 14.5 Å². The Kier molecular flexibility index (Phi) is 13.0. The van der Waals surface area contributed by atoms with Crippen molar-refractivity contribution in [3.63, 3.8) is 0 Å². The standard InChI is InChI=1S/C36H54FN3O5S/c1-25-22-33(44-6)26(2)27(3)36(25)46(42,43)40-19-15-29(16-20-40)17-21-45-24-34(41)38-18-14-28-10-12-30(13-11-28)35(39(4)5)31-8-7-9-32(37)23-31/h7-9,22-23,28-30,35H,10-21,24H2,1-6H3,(H,38,41). The minimum absolute atomic E-state index is 0.0491. The summed E-state index contributed by atoms with van der Waals surface area (Å²) >= 11 is 0. The monoisotopic (exact) mass is 659 g/mol. The highest BCUT2D eigenvalue weighted by molar-refractivity contribution is 7.89. The molecule has 0 radical (unpaired) electrons. The van der Waals surface area contributed by atoms with Gasteiger partial charge in [-0.25, -0.2) is 12.8 Å². The summed E-state index contributed by atoms with van der Waals surface area (Å²) in [5.74, 6) is 1.89. The van der Waals surface area contributed by atoms with E-state index in [-0.39, 0.29) is 24.4 Å². The van der Waals surface area contributed by atoms with Crippen LogP contribution in [-0.2, 0) is 19.6 Å². The van der Waals surface area contributed by atoms with Crippen molar-refractivity contribution < 1.29 is 27.1 Å². The second-order valence-corrected chi connectivity index (χ2v) is 15.4. The molecular weight excluding hydrogens is 605 g/mol. The lowest BCUT2D eigenvalue weighted by molar-refractivity contribution is -0.125. The van der Waals surface area contributed by atoms with Crippen LogP contribution in [-0.4, -0.2) is 77.6 Å². The molecule has 8 nitrogen and oxygen atoms in total. The predicted molar refractivity (Wildman–Crippen MR) is 180 cm³/mol. The maximum absolute atomic E-state index is 13.9. The van der Waals surface area contributed by atoms with Gasteiger partial charge < -0.3 is 19.7 Å². The Bertz CT molecular complexity index is 1420. The van der Waals surface area contributed by atoms with Crippen LogP contribution < -0.4 is 10.1 Å². The second-order valence-electron chi connectivity index (χ2n) is 13.5. The maximum Gasteiger partial charge on any atom is 0.245 e. The molecule has 0 aromatic heterocycles. The Balaban J connectivity index is 1.10. The van der Waals surface area contributed by atoms with Gasteiger partial charge in [-0.3, -0.25) is 4.79 Å². The molecule has 1 unspecified atom stereocenters. The second kappa shape index (κ2) is 16.5. The molecule has 0 spiro atoms. The normalized spacial score (nSPS) is 20.5. The Morgan fingerprint density at radius 1 is 1.00 bits per heavy atom. The molecule has 1 saturated heterocycles. The van der Waals surface area contributed by atoms with E-state index in [4.69, 9.17) is 9.47 Å². The summed E-state index contributed by atoms with van der Waals surface area (Å²) in [6.07, 6.45) is 7.78. The number of aryl methyl sites for hydroxylation is 1. The van der Waals surface area contributed by atoms with Gasteiger partial charge in [0.15, 0.2) is 0 Å². The maximum atomic E-state index is 13.9. The van der Waals surface area contributed by atoms with Crippen molar-refractivity contribution in [2.45, 2.75) is 83.1 Å². The van der Waals surface area contributed by atoms with Crippen LogP contribution in [0.1, 0.15) is 79.7 Å². The Morgan fingerprint density at radius 2 is 1.67 bits per heavy atom. The van der Waals surface area contributed by atoms with Gasteiger partial charge in [0.05, 0.1) is 12.0 Å². The summed E-state index contributed by atoms with van der Waals surface area (Å²) < 4.78 is 53.7. The van der Waals surface area contributed by atoms with E-state index in [1.165, 1.54) is 6.07 Å². The van der Waals surface area contributed by atoms with Crippen molar-refractivity contribution in [1.29, 1.82) is 0 Å². The third kappa shape index (κ3) is 9.08. The van der Waals surface area contributed by atoms with Gasteiger partial charge in [-0.15, -0.1) is 0 Å². The van der Waals surface area contributed by atoms with Gasteiger partial charge in [0.1, 0.15) is 18.2 Å². The number of rotatable bonds is 14. The highest BCUT2D eigenvalue weighted by atomic mass is 32.2. The van der Waals surface area contributed by atoms with E-state index >= 15 is 0 Å². The van der Waals surface area contributed by atoms with E-state index in [1.807, 2.05) is 26.8 Å². The molecule has 2 aromatic rings. The lowest BCUT2D eigenvalue weighted by Gasteiger charge is -2.37. The van der Waals surface area contributed by atoms with Gasteiger partial charge >= 0.3 is 0 Å². The largest absolute Gasteiger partial charge is 0.496 e. The summed E-state index contributed by atoms with van der Waals surface area (Å²) in [5, 5.41) is 3.02. The number of benzene rings is 2. The number of carbonyl (C=O) groups is 1. The van der Waals surface area contributed by atoms with Gasteiger partial charge in [0.2, 0.25) is 15.9 Å². The molecule has 256 valence electrons. The number of sulfonamides is 1. The number of ether oxygens (including phenoxy) is 2. The zero-order chi connectivity index (χ0) is 33.4. The molecule has 46 heavy (non-hydrogen) atoms. The minimum Gasteiger partial charge on any atom is -0.496 e. The Labute approximate surface area is 276 Å². The lowest BCUT2D eigenvalue weighted by Crippen LogP contribution is -2.39. The fourth-order valence-corrected chi connectivity index (χ4v) is 9.51. The molecule has 4 rings (SSSR count). The Hall–Kier alpha value is -2.53. The van der Waals surface area contributed by atoms with E-state index in [2.05, 4.69) is 24.3 Å². The number of piperidine rings is 1. The van der Waals surface area contributed by atoms with E-state index in [1.54, 1.807) is 29.6 Å². The van der Waals surface area contributed by atoms with Crippen LogP contribution in [0.2, 0.25) is 0 Å². The SMILES string of the molecule is COc1cc(C)c(S(=O)(=O)N2CCC(CCOCC(=O)NCCC3CCC(C(c4cccc(F)c4)N(C)C)CC3)CC2)c(C)c1C. The highest BCUT2D eigenvalue weighted by Gasteiger charge is 2.33. The predicted octanol–water partition coefficient (Wildman–Crippen LogP) is 6.18. The van der Waals surface area contributed by atoms with Crippen LogP contribution in [0, 0.1) is 44.3 Å². The number of halogens is 1. The van der Waals surface area contributed by atoms with Gasteiger partial charge in [0.25, 0.3) is 0 Å². The summed E-state index contributed by atoms with van der Waals surface area (Å²) in [6.45, 7) is 7.73. The molecular formula is C36H54FN3O5S. The first kappa shape index (κ1) is 36.3. The number of amides is 1. The van der Waals surface area contributed by atoms with Crippen molar-refractivity contribution in [3.8, 4) is 5.75 Å². The molecule has 1 saturated carbocycles.